The topological polar surface area (TPSA) is 35.5 Å². The maximum atomic E-state index is 13.8. The van der Waals surface area contributed by atoms with E-state index >= 15 is 0 Å². The summed E-state index contributed by atoms with van der Waals surface area (Å²) in [5, 5.41) is 0. The van der Waals surface area contributed by atoms with Crippen LogP contribution >= 0.6 is 0 Å². The summed E-state index contributed by atoms with van der Waals surface area (Å²) in [6.07, 6.45) is 7.25. The van der Waals surface area contributed by atoms with Crippen molar-refractivity contribution >= 4 is 12.0 Å². The summed E-state index contributed by atoms with van der Waals surface area (Å²) in [6.45, 7) is 2.81. The van der Waals surface area contributed by atoms with Crippen molar-refractivity contribution in [3.8, 4) is 5.75 Å². The Morgan fingerprint density at radius 3 is 2.90 bits per heavy atom. The van der Waals surface area contributed by atoms with Gasteiger partial charge in [0.05, 0.1) is 12.5 Å². The summed E-state index contributed by atoms with van der Waals surface area (Å²) in [5.41, 5.74) is 0.720. The van der Waals surface area contributed by atoms with Gasteiger partial charge in [-0.1, -0.05) is 25.5 Å². The maximum absolute atomic E-state index is 13.8. The van der Waals surface area contributed by atoms with Crippen molar-refractivity contribution in [3.63, 3.8) is 0 Å². The van der Waals surface area contributed by atoms with Gasteiger partial charge in [0.25, 0.3) is 0 Å². The number of benzene rings is 1. The molecule has 0 aliphatic heterocycles. The van der Waals surface area contributed by atoms with Crippen molar-refractivity contribution in [2.24, 2.45) is 5.92 Å². The lowest BCUT2D eigenvalue weighted by Crippen LogP contribution is -2.05. The van der Waals surface area contributed by atoms with Crippen molar-refractivity contribution in [1.82, 2.24) is 0 Å². The molecule has 0 aromatic heterocycles. The second-order valence-corrected chi connectivity index (χ2v) is 5.20. The zero-order valence-corrected chi connectivity index (χ0v) is 12.3. The number of esters is 1. The number of rotatable bonds is 8. The SMILES string of the molecule is CCCCOc1ccc(C=CCOC(=O)C2CC2)cc1F. The summed E-state index contributed by atoms with van der Waals surface area (Å²) >= 11 is 0. The Bertz CT molecular complexity index is 507. The van der Waals surface area contributed by atoms with Crippen molar-refractivity contribution in [3.05, 3.63) is 35.7 Å². The minimum atomic E-state index is -0.372. The molecule has 3 nitrogen and oxygen atoms in total. The Morgan fingerprint density at radius 1 is 1.43 bits per heavy atom. The normalized spacial score (nSPS) is 14.4. The van der Waals surface area contributed by atoms with Gasteiger partial charge in [-0.25, -0.2) is 4.39 Å². The molecular formula is C17H21FO3. The van der Waals surface area contributed by atoms with Gasteiger partial charge in [-0.15, -0.1) is 0 Å². The predicted molar refractivity (Wildman–Crippen MR) is 79.5 cm³/mol. The molecule has 1 fully saturated rings. The minimum Gasteiger partial charge on any atom is -0.491 e. The average molecular weight is 292 g/mol. The summed E-state index contributed by atoms with van der Waals surface area (Å²) in [5.74, 6) is -0.120. The third-order valence-corrected chi connectivity index (χ3v) is 3.25. The molecule has 114 valence electrons. The van der Waals surface area contributed by atoms with Gasteiger partial charge in [-0.3, -0.25) is 4.79 Å². The molecule has 21 heavy (non-hydrogen) atoms. The Morgan fingerprint density at radius 2 is 2.24 bits per heavy atom. The average Bonchev–Trinajstić information content (AvgIpc) is 3.30. The Kier molecular flexibility index (Phi) is 5.78. The van der Waals surface area contributed by atoms with Gasteiger partial charge in [0.1, 0.15) is 6.61 Å². The molecule has 0 atom stereocenters. The van der Waals surface area contributed by atoms with Crippen molar-refractivity contribution in [2.75, 3.05) is 13.2 Å². The smallest absolute Gasteiger partial charge is 0.309 e. The standard InChI is InChI=1S/C17H21FO3/c1-2-3-10-20-16-9-6-13(12-15(16)18)5-4-11-21-17(19)14-7-8-14/h4-6,9,12,14H,2-3,7-8,10-11H2,1H3. The van der Waals surface area contributed by atoms with Gasteiger partial charge in [0.2, 0.25) is 0 Å². The molecule has 0 saturated heterocycles. The monoisotopic (exact) mass is 292 g/mol. The lowest BCUT2D eigenvalue weighted by atomic mass is 10.2. The highest BCUT2D eigenvalue weighted by molar-refractivity contribution is 5.75. The maximum Gasteiger partial charge on any atom is 0.309 e. The van der Waals surface area contributed by atoms with Gasteiger partial charge < -0.3 is 9.47 Å². The molecular weight excluding hydrogens is 271 g/mol. The van der Waals surface area contributed by atoms with E-state index in [1.807, 2.05) is 0 Å². The lowest BCUT2D eigenvalue weighted by molar-refractivity contribution is -0.143. The largest absolute Gasteiger partial charge is 0.491 e. The first-order valence-electron chi connectivity index (χ1n) is 7.46. The van der Waals surface area contributed by atoms with Crippen LogP contribution in [0.1, 0.15) is 38.2 Å². The molecule has 0 amide bonds. The van der Waals surface area contributed by atoms with Crippen molar-refractivity contribution in [2.45, 2.75) is 32.6 Å². The van der Waals surface area contributed by atoms with Gasteiger partial charge in [0.15, 0.2) is 11.6 Å². The second kappa shape index (κ2) is 7.81. The Hall–Kier alpha value is -1.84. The van der Waals surface area contributed by atoms with E-state index in [4.69, 9.17) is 9.47 Å². The number of carbonyl (C=O) groups excluding carboxylic acids is 1. The second-order valence-electron chi connectivity index (χ2n) is 5.20. The number of hydrogen-bond acceptors (Lipinski definition) is 3. The van der Waals surface area contributed by atoms with Gasteiger partial charge >= 0.3 is 5.97 Å². The molecule has 0 radical (unpaired) electrons. The zero-order valence-electron chi connectivity index (χ0n) is 12.3. The fraction of sp³-hybridized carbons (Fsp3) is 0.471. The van der Waals surface area contributed by atoms with Crippen LogP contribution in [0.5, 0.6) is 5.75 Å². The van der Waals surface area contributed by atoms with Crippen LogP contribution < -0.4 is 4.74 Å². The van der Waals surface area contributed by atoms with E-state index in [2.05, 4.69) is 6.92 Å². The third-order valence-electron chi connectivity index (χ3n) is 3.25. The molecule has 1 saturated carbocycles. The van der Waals surface area contributed by atoms with Crippen LogP contribution in [0.3, 0.4) is 0 Å². The van der Waals surface area contributed by atoms with Crippen LogP contribution in [0.4, 0.5) is 4.39 Å². The molecule has 1 aromatic rings. The molecule has 0 spiro atoms. The molecule has 4 heteroatoms. The summed E-state index contributed by atoms with van der Waals surface area (Å²) in [6, 6.07) is 4.82. The molecule has 1 aliphatic rings. The quantitative estimate of drug-likeness (QED) is 0.537. The van der Waals surface area contributed by atoms with E-state index in [-0.39, 0.29) is 30.1 Å². The molecule has 2 rings (SSSR count). The molecule has 0 unspecified atom stereocenters. The number of ether oxygens (including phenoxy) is 2. The highest BCUT2D eigenvalue weighted by Gasteiger charge is 2.30. The van der Waals surface area contributed by atoms with E-state index in [1.165, 1.54) is 6.07 Å². The van der Waals surface area contributed by atoms with Crippen LogP contribution in [0.2, 0.25) is 0 Å². The highest BCUT2D eigenvalue weighted by Crippen LogP contribution is 2.30. The zero-order chi connectivity index (χ0) is 15.1. The number of hydrogen-bond donors (Lipinski definition) is 0. The van der Waals surface area contributed by atoms with E-state index in [0.717, 1.165) is 31.2 Å². The Labute approximate surface area is 124 Å². The summed E-state index contributed by atoms with van der Waals surface area (Å²) < 4.78 is 24.2. The van der Waals surface area contributed by atoms with E-state index in [0.29, 0.717) is 6.61 Å². The number of carbonyl (C=O) groups is 1. The summed E-state index contributed by atoms with van der Waals surface area (Å²) in [7, 11) is 0. The van der Waals surface area contributed by atoms with Crippen LogP contribution in [0, 0.1) is 11.7 Å². The van der Waals surface area contributed by atoms with Crippen molar-refractivity contribution in [1.29, 1.82) is 0 Å². The van der Waals surface area contributed by atoms with Gasteiger partial charge in [-0.2, -0.15) is 0 Å². The van der Waals surface area contributed by atoms with E-state index in [1.54, 1.807) is 24.3 Å². The first-order chi connectivity index (χ1) is 10.2. The third kappa shape index (κ3) is 5.21. The number of unbranched alkanes of at least 4 members (excludes halogenated alkanes) is 1. The van der Waals surface area contributed by atoms with Gasteiger partial charge in [-0.05, 0) is 43.0 Å². The van der Waals surface area contributed by atoms with E-state index in [9.17, 15) is 9.18 Å². The number of halogens is 1. The highest BCUT2D eigenvalue weighted by atomic mass is 19.1. The first-order valence-corrected chi connectivity index (χ1v) is 7.46. The first kappa shape index (κ1) is 15.5. The Balaban J connectivity index is 1.79. The fourth-order valence-corrected chi connectivity index (χ4v) is 1.82. The molecule has 0 heterocycles. The summed E-state index contributed by atoms with van der Waals surface area (Å²) in [4.78, 5) is 11.3. The van der Waals surface area contributed by atoms with Crippen LogP contribution in [0.25, 0.3) is 6.08 Å². The lowest BCUT2D eigenvalue weighted by Gasteiger charge is -2.06. The van der Waals surface area contributed by atoms with Crippen LogP contribution in [-0.4, -0.2) is 19.2 Å². The molecule has 0 N–H and O–H groups in total. The van der Waals surface area contributed by atoms with Crippen molar-refractivity contribution < 1.29 is 18.7 Å². The van der Waals surface area contributed by atoms with Crippen LogP contribution in [-0.2, 0) is 9.53 Å². The van der Waals surface area contributed by atoms with Crippen LogP contribution in [0.15, 0.2) is 24.3 Å². The van der Waals surface area contributed by atoms with Gasteiger partial charge in [0, 0.05) is 0 Å². The minimum absolute atomic E-state index is 0.107. The van der Waals surface area contributed by atoms with E-state index < -0.39 is 0 Å². The predicted octanol–water partition coefficient (Wildman–Crippen LogP) is 3.97. The fourth-order valence-electron chi connectivity index (χ4n) is 1.82. The molecule has 1 aliphatic carbocycles. The molecule has 0 bridgehead atoms. The molecule has 1 aromatic carbocycles.